The number of hydrogen-bond donors (Lipinski definition) is 1. The number of hydrogen-bond acceptors (Lipinski definition) is 2. The van der Waals surface area contributed by atoms with Crippen molar-refractivity contribution in [2.24, 2.45) is 0 Å². The second kappa shape index (κ2) is 7.23. The molecule has 0 unspecified atom stereocenters. The lowest BCUT2D eigenvalue weighted by atomic mass is 9.98. The number of rotatable bonds is 5. The highest BCUT2D eigenvalue weighted by Crippen LogP contribution is 2.35. The van der Waals surface area contributed by atoms with Gasteiger partial charge in [0.2, 0.25) is 0 Å². The third kappa shape index (κ3) is 3.60. The average Bonchev–Trinajstić information content (AvgIpc) is 3.00. The Morgan fingerprint density at radius 3 is 2.42 bits per heavy atom. The smallest absolute Gasteiger partial charge is 0.123 e. The number of aromatic nitrogens is 2. The Kier molecular flexibility index (Phi) is 4.87. The number of benzene rings is 1. The SMILES string of the molecule is CN(C)C/C=C/c1c[nH]c(-c2ccc(F)cc2)c1-c1ccncc1. The molecule has 0 fully saturated rings. The number of halogens is 1. The van der Waals surface area contributed by atoms with Crippen molar-refractivity contribution >= 4 is 6.08 Å². The van der Waals surface area contributed by atoms with E-state index in [4.69, 9.17) is 0 Å². The van der Waals surface area contributed by atoms with Crippen molar-refractivity contribution in [3.05, 3.63) is 72.4 Å². The van der Waals surface area contributed by atoms with Gasteiger partial charge in [-0.15, -0.1) is 0 Å². The summed E-state index contributed by atoms with van der Waals surface area (Å²) in [4.78, 5) is 9.55. The number of likely N-dealkylation sites (N-methyl/N-ethyl adjacent to an activating group) is 1. The van der Waals surface area contributed by atoms with Crippen LogP contribution in [0.2, 0.25) is 0 Å². The molecule has 0 saturated carbocycles. The highest BCUT2D eigenvalue weighted by atomic mass is 19.1. The normalized spacial score (nSPS) is 11.5. The van der Waals surface area contributed by atoms with Crippen LogP contribution in [-0.4, -0.2) is 35.5 Å². The molecule has 0 saturated heterocycles. The highest BCUT2D eigenvalue weighted by Gasteiger charge is 2.13. The van der Waals surface area contributed by atoms with Crippen LogP contribution in [-0.2, 0) is 0 Å². The fraction of sp³-hybridized carbons (Fsp3) is 0.150. The van der Waals surface area contributed by atoms with Crippen molar-refractivity contribution in [3.8, 4) is 22.4 Å². The summed E-state index contributed by atoms with van der Waals surface area (Å²) < 4.78 is 13.2. The quantitative estimate of drug-likeness (QED) is 0.752. The molecule has 0 spiro atoms. The molecule has 2 aromatic heterocycles. The first-order valence-corrected chi connectivity index (χ1v) is 7.84. The number of pyridine rings is 1. The van der Waals surface area contributed by atoms with Crippen LogP contribution in [0.3, 0.4) is 0 Å². The molecule has 0 aliphatic heterocycles. The lowest BCUT2D eigenvalue weighted by molar-refractivity contribution is 0.457. The third-order valence-corrected chi connectivity index (χ3v) is 3.78. The Hall–Kier alpha value is -2.72. The molecule has 4 heteroatoms. The molecule has 0 bridgehead atoms. The van der Waals surface area contributed by atoms with Gasteiger partial charge in [0, 0.05) is 36.3 Å². The monoisotopic (exact) mass is 321 g/mol. The van der Waals surface area contributed by atoms with E-state index in [1.807, 2.05) is 32.4 Å². The Labute approximate surface area is 141 Å². The van der Waals surface area contributed by atoms with Gasteiger partial charge in [-0.1, -0.05) is 12.2 Å². The summed E-state index contributed by atoms with van der Waals surface area (Å²) in [6, 6.07) is 10.5. The predicted molar refractivity (Wildman–Crippen MR) is 97.0 cm³/mol. The van der Waals surface area contributed by atoms with E-state index in [0.29, 0.717) is 0 Å². The van der Waals surface area contributed by atoms with E-state index in [9.17, 15) is 4.39 Å². The van der Waals surface area contributed by atoms with Gasteiger partial charge in [0.25, 0.3) is 0 Å². The molecule has 1 aromatic carbocycles. The first-order valence-electron chi connectivity index (χ1n) is 7.84. The zero-order chi connectivity index (χ0) is 16.9. The summed E-state index contributed by atoms with van der Waals surface area (Å²) in [5, 5.41) is 0. The van der Waals surface area contributed by atoms with Gasteiger partial charge in [-0.2, -0.15) is 0 Å². The zero-order valence-electron chi connectivity index (χ0n) is 13.8. The number of aromatic amines is 1. The van der Waals surface area contributed by atoms with Gasteiger partial charge in [0.05, 0.1) is 5.69 Å². The molecule has 3 aromatic rings. The predicted octanol–water partition coefficient (Wildman–Crippen LogP) is 4.46. The average molecular weight is 321 g/mol. The minimum Gasteiger partial charge on any atom is -0.360 e. The maximum absolute atomic E-state index is 13.2. The molecule has 122 valence electrons. The molecular weight excluding hydrogens is 301 g/mol. The lowest BCUT2D eigenvalue weighted by Crippen LogP contribution is -2.10. The molecule has 0 radical (unpaired) electrons. The van der Waals surface area contributed by atoms with Crippen molar-refractivity contribution in [1.82, 2.24) is 14.9 Å². The van der Waals surface area contributed by atoms with Crippen molar-refractivity contribution in [2.45, 2.75) is 0 Å². The summed E-state index contributed by atoms with van der Waals surface area (Å²) in [5.41, 5.74) is 5.21. The standard InChI is InChI=1S/C20H20FN3/c1-24(2)13-3-4-17-14-23-20(16-5-7-18(21)8-6-16)19(17)15-9-11-22-12-10-15/h3-12,14,23H,13H2,1-2H3/b4-3+. The molecule has 2 heterocycles. The van der Waals surface area contributed by atoms with Crippen molar-refractivity contribution < 1.29 is 4.39 Å². The molecule has 0 aliphatic rings. The summed E-state index contributed by atoms with van der Waals surface area (Å²) in [5.74, 6) is -0.234. The van der Waals surface area contributed by atoms with Gasteiger partial charge >= 0.3 is 0 Å². The largest absolute Gasteiger partial charge is 0.360 e. The van der Waals surface area contributed by atoms with E-state index in [1.165, 1.54) is 12.1 Å². The Bertz CT molecular complexity index is 818. The minimum absolute atomic E-state index is 0.234. The van der Waals surface area contributed by atoms with Crippen LogP contribution in [0.1, 0.15) is 5.56 Å². The molecule has 0 atom stereocenters. The van der Waals surface area contributed by atoms with Crippen molar-refractivity contribution in [1.29, 1.82) is 0 Å². The maximum atomic E-state index is 13.2. The van der Waals surface area contributed by atoms with Crippen LogP contribution in [0.15, 0.2) is 61.1 Å². The minimum atomic E-state index is -0.234. The van der Waals surface area contributed by atoms with E-state index >= 15 is 0 Å². The molecular formula is C20H20FN3. The molecule has 3 rings (SSSR count). The van der Waals surface area contributed by atoms with Gasteiger partial charge in [-0.25, -0.2) is 4.39 Å². The van der Waals surface area contributed by atoms with Gasteiger partial charge in [0.15, 0.2) is 0 Å². The third-order valence-electron chi connectivity index (χ3n) is 3.78. The summed E-state index contributed by atoms with van der Waals surface area (Å²) >= 11 is 0. The summed E-state index contributed by atoms with van der Waals surface area (Å²) in [6.07, 6.45) is 9.79. The first-order chi connectivity index (χ1) is 11.6. The van der Waals surface area contributed by atoms with Gasteiger partial charge < -0.3 is 9.88 Å². The summed E-state index contributed by atoms with van der Waals surface area (Å²) in [6.45, 7) is 0.868. The van der Waals surface area contributed by atoms with E-state index in [0.717, 1.165) is 34.5 Å². The molecule has 0 amide bonds. The number of H-pyrrole nitrogens is 1. The van der Waals surface area contributed by atoms with Gasteiger partial charge in [0.1, 0.15) is 5.82 Å². The molecule has 3 nitrogen and oxygen atoms in total. The topological polar surface area (TPSA) is 31.9 Å². The van der Waals surface area contributed by atoms with E-state index in [2.05, 4.69) is 27.0 Å². The van der Waals surface area contributed by atoms with Crippen LogP contribution < -0.4 is 0 Å². The fourth-order valence-corrected chi connectivity index (χ4v) is 2.63. The summed E-state index contributed by atoms with van der Waals surface area (Å²) in [7, 11) is 4.07. The zero-order valence-corrected chi connectivity index (χ0v) is 13.8. The second-order valence-electron chi connectivity index (χ2n) is 5.90. The van der Waals surface area contributed by atoms with Gasteiger partial charge in [-0.3, -0.25) is 4.98 Å². The van der Waals surface area contributed by atoms with Crippen molar-refractivity contribution in [3.63, 3.8) is 0 Å². The van der Waals surface area contributed by atoms with E-state index in [1.54, 1.807) is 24.5 Å². The second-order valence-corrected chi connectivity index (χ2v) is 5.90. The maximum Gasteiger partial charge on any atom is 0.123 e. The lowest BCUT2D eigenvalue weighted by Gasteiger charge is -2.07. The van der Waals surface area contributed by atoms with Gasteiger partial charge in [-0.05, 0) is 61.6 Å². The van der Waals surface area contributed by atoms with Crippen molar-refractivity contribution in [2.75, 3.05) is 20.6 Å². The van der Waals surface area contributed by atoms with Crippen LogP contribution in [0.25, 0.3) is 28.5 Å². The van der Waals surface area contributed by atoms with Crippen LogP contribution >= 0.6 is 0 Å². The number of nitrogens with zero attached hydrogens (tertiary/aromatic N) is 2. The first kappa shape index (κ1) is 16.1. The van der Waals surface area contributed by atoms with E-state index < -0.39 is 0 Å². The Balaban J connectivity index is 2.08. The van der Waals surface area contributed by atoms with Crippen LogP contribution in [0.4, 0.5) is 4.39 Å². The molecule has 1 N–H and O–H groups in total. The molecule has 24 heavy (non-hydrogen) atoms. The Morgan fingerprint density at radius 1 is 1.04 bits per heavy atom. The Morgan fingerprint density at radius 2 is 1.75 bits per heavy atom. The van der Waals surface area contributed by atoms with E-state index in [-0.39, 0.29) is 5.82 Å². The van der Waals surface area contributed by atoms with Crippen LogP contribution in [0.5, 0.6) is 0 Å². The molecule has 0 aliphatic carbocycles. The highest BCUT2D eigenvalue weighted by molar-refractivity contribution is 5.88. The fourth-order valence-electron chi connectivity index (χ4n) is 2.63. The van der Waals surface area contributed by atoms with Crippen LogP contribution in [0, 0.1) is 5.82 Å². The number of nitrogens with one attached hydrogen (secondary N) is 1.